The number of hydrogen-bond acceptors (Lipinski definition) is 3. The van der Waals surface area contributed by atoms with E-state index in [0.29, 0.717) is 16.9 Å². The molecule has 0 bridgehead atoms. The van der Waals surface area contributed by atoms with Gasteiger partial charge in [-0.05, 0) is 30.7 Å². The molecular formula is C20H19NO4. The first kappa shape index (κ1) is 18.1. The SMILES string of the molecule is COc1ccc(C(C)=O)cc1C#CCN(Cc1ccccc1)C(=O)O. The lowest BCUT2D eigenvalue weighted by molar-refractivity contribution is 0.101. The van der Waals surface area contributed by atoms with Crippen molar-refractivity contribution in [3.8, 4) is 17.6 Å². The van der Waals surface area contributed by atoms with Crippen LogP contribution < -0.4 is 4.74 Å². The molecule has 0 radical (unpaired) electrons. The quantitative estimate of drug-likeness (QED) is 0.670. The van der Waals surface area contributed by atoms with Gasteiger partial charge in [0, 0.05) is 12.1 Å². The second kappa shape index (κ2) is 8.55. The van der Waals surface area contributed by atoms with Crippen LogP contribution >= 0.6 is 0 Å². The van der Waals surface area contributed by atoms with Gasteiger partial charge in [-0.2, -0.15) is 0 Å². The Kier molecular flexibility index (Phi) is 6.19. The Balaban J connectivity index is 2.17. The molecule has 0 aromatic heterocycles. The van der Waals surface area contributed by atoms with E-state index in [9.17, 15) is 14.7 Å². The molecule has 0 aliphatic rings. The van der Waals surface area contributed by atoms with Gasteiger partial charge in [-0.25, -0.2) is 4.79 Å². The first-order valence-electron chi connectivity index (χ1n) is 7.71. The first-order chi connectivity index (χ1) is 12.0. The van der Waals surface area contributed by atoms with Crippen LogP contribution in [0, 0.1) is 11.8 Å². The van der Waals surface area contributed by atoms with E-state index in [1.807, 2.05) is 30.3 Å². The lowest BCUT2D eigenvalue weighted by Gasteiger charge is -2.16. The minimum absolute atomic E-state index is 0.0533. The monoisotopic (exact) mass is 337 g/mol. The van der Waals surface area contributed by atoms with Crippen molar-refractivity contribution in [1.29, 1.82) is 0 Å². The second-order valence-electron chi connectivity index (χ2n) is 5.40. The van der Waals surface area contributed by atoms with Gasteiger partial charge in [0.05, 0.1) is 19.2 Å². The van der Waals surface area contributed by atoms with Crippen LogP contribution in [0.15, 0.2) is 48.5 Å². The fraction of sp³-hybridized carbons (Fsp3) is 0.200. The van der Waals surface area contributed by atoms with Crippen LogP contribution in [-0.4, -0.2) is 35.5 Å². The number of carboxylic acid groups (broad SMARTS) is 1. The molecule has 5 heteroatoms. The third-order valence-electron chi connectivity index (χ3n) is 3.59. The van der Waals surface area contributed by atoms with Crippen molar-refractivity contribution >= 4 is 11.9 Å². The Morgan fingerprint density at radius 2 is 1.88 bits per heavy atom. The van der Waals surface area contributed by atoms with E-state index >= 15 is 0 Å². The summed E-state index contributed by atoms with van der Waals surface area (Å²) in [6.45, 7) is 1.79. The molecule has 0 saturated carbocycles. The number of carbonyl (C=O) groups excluding carboxylic acids is 1. The van der Waals surface area contributed by atoms with E-state index in [0.717, 1.165) is 5.56 Å². The fourth-order valence-electron chi connectivity index (χ4n) is 2.25. The van der Waals surface area contributed by atoms with E-state index < -0.39 is 6.09 Å². The van der Waals surface area contributed by atoms with E-state index in [2.05, 4.69) is 11.8 Å². The van der Waals surface area contributed by atoms with Gasteiger partial charge >= 0.3 is 6.09 Å². The second-order valence-corrected chi connectivity index (χ2v) is 5.40. The number of methoxy groups -OCH3 is 1. The number of nitrogens with zero attached hydrogens (tertiary/aromatic N) is 1. The maximum absolute atomic E-state index is 11.5. The van der Waals surface area contributed by atoms with Crippen LogP contribution in [0.3, 0.4) is 0 Å². The van der Waals surface area contributed by atoms with Gasteiger partial charge < -0.3 is 9.84 Å². The molecule has 2 rings (SSSR count). The molecule has 5 nitrogen and oxygen atoms in total. The van der Waals surface area contributed by atoms with Crippen LogP contribution in [0.5, 0.6) is 5.75 Å². The van der Waals surface area contributed by atoms with Crippen molar-refractivity contribution in [3.05, 3.63) is 65.2 Å². The highest BCUT2D eigenvalue weighted by molar-refractivity contribution is 5.94. The van der Waals surface area contributed by atoms with Crippen LogP contribution in [-0.2, 0) is 6.54 Å². The average molecular weight is 337 g/mol. The summed E-state index contributed by atoms with van der Waals surface area (Å²) in [5, 5.41) is 9.34. The van der Waals surface area contributed by atoms with Crippen molar-refractivity contribution in [1.82, 2.24) is 4.90 Å². The molecule has 0 aliphatic heterocycles. The normalized spacial score (nSPS) is 9.68. The van der Waals surface area contributed by atoms with E-state index in [1.54, 1.807) is 18.2 Å². The molecule has 2 aromatic carbocycles. The van der Waals surface area contributed by atoms with Gasteiger partial charge in [-0.1, -0.05) is 42.2 Å². The highest BCUT2D eigenvalue weighted by atomic mass is 16.5. The predicted molar refractivity (Wildman–Crippen MR) is 94.8 cm³/mol. The largest absolute Gasteiger partial charge is 0.495 e. The third-order valence-corrected chi connectivity index (χ3v) is 3.59. The summed E-state index contributed by atoms with van der Waals surface area (Å²) < 4.78 is 5.24. The van der Waals surface area contributed by atoms with E-state index in [1.165, 1.54) is 18.9 Å². The molecule has 2 aromatic rings. The molecule has 0 fully saturated rings. The molecule has 1 amide bonds. The van der Waals surface area contributed by atoms with Crippen molar-refractivity contribution < 1.29 is 19.4 Å². The minimum atomic E-state index is -1.04. The first-order valence-corrected chi connectivity index (χ1v) is 7.71. The molecule has 0 spiro atoms. The zero-order valence-corrected chi connectivity index (χ0v) is 14.2. The number of amides is 1. The summed E-state index contributed by atoms with van der Waals surface area (Å²) in [5.74, 6) is 6.22. The molecule has 1 N–H and O–H groups in total. The summed E-state index contributed by atoms with van der Waals surface area (Å²) in [6.07, 6.45) is -1.04. The molecule has 128 valence electrons. The zero-order chi connectivity index (χ0) is 18.2. The molecule has 0 unspecified atom stereocenters. The number of Topliss-reactive ketones (excluding diaryl/α,β-unsaturated/α-hetero) is 1. The van der Waals surface area contributed by atoms with Gasteiger partial charge in [0.2, 0.25) is 0 Å². The molecule has 0 saturated heterocycles. The van der Waals surface area contributed by atoms with Crippen molar-refractivity contribution in [2.24, 2.45) is 0 Å². The summed E-state index contributed by atoms with van der Waals surface area (Å²) in [4.78, 5) is 24.1. The molecule has 0 aliphatic carbocycles. The molecular weight excluding hydrogens is 318 g/mol. The van der Waals surface area contributed by atoms with Crippen LogP contribution in [0.1, 0.15) is 28.4 Å². The van der Waals surface area contributed by atoms with Gasteiger partial charge in [0.25, 0.3) is 0 Å². The number of benzene rings is 2. The number of ether oxygens (including phenoxy) is 1. The molecule has 0 atom stereocenters. The number of ketones is 1. The van der Waals surface area contributed by atoms with Crippen LogP contribution in [0.25, 0.3) is 0 Å². The fourth-order valence-corrected chi connectivity index (χ4v) is 2.25. The van der Waals surface area contributed by atoms with Gasteiger partial charge in [0.1, 0.15) is 5.75 Å². The average Bonchev–Trinajstić information content (AvgIpc) is 2.61. The van der Waals surface area contributed by atoms with Crippen molar-refractivity contribution in [2.75, 3.05) is 13.7 Å². The van der Waals surface area contributed by atoms with Crippen LogP contribution in [0.4, 0.5) is 4.79 Å². The Hall–Kier alpha value is -3.26. The zero-order valence-electron chi connectivity index (χ0n) is 14.2. The van der Waals surface area contributed by atoms with E-state index in [4.69, 9.17) is 4.74 Å². The maximum Gasteiger partial charge on any atom is 0.408 e. The Morgan fingerprint density at radius 1 is 1.16 bits per heavy atom. The Bertz CT molecular complexity index is 819. The lowest BCUT2D eigenvalue weighted by atomic mass is 10.1. The smallest absolute Gasteiger partial charge is 0.408 e. The molecule has 0 heterocycles. The Labute approximate surface area is 146 Å². The van der Waals surface area contributed by atoms with Gasteiger partial charge in [-0.15, -0.1) is 0 Å². The Morgan fingerprint density at radius 3 is 2.48 bits per heavy atom. The highest BCUT2D eigenvalue weighted by Crippen LogP contribution is 2.19. The van der Waals surface area contributed by atoms with Gasteiger partial charge in [-0.3, -0.25) is 9.69 Å². The maximum atomic E-state index is 11.5. The lowest BCUT2D eigenvalue weighted by Crippen LogP contribution is -2.29. The predicted octanol–water partition coefficient (Wildman–Crippen LogP) is 3.43. The van der Waals surface area contributed by atoms with E-state index in [-0.39, 0.29) is 18.9 Å². The van der Waals surface area contributed by atoms with Crippen LogP contribution in [0.2, 0.25) is 0 Å². The number of hydrogen-bond donors (Lipinski definition) is 1. The summed E-state index contributed by atoms with van der Waals surface area (Å²) in [7, 11) is 1.52. The summed E-state index contributed by atoms with van der Waals surface area (Å²) >= 11 is 0. The summed E-state index contributed by atoms with van der Waals surface area (Å²) in [5.41, 5.74) is 1.98. The molecule has 25 heavy (non-hydrogen) atoms. The minimum Gasteiger partial charge on any atom is -0.495 e. The summed E-state index contributed by atoms with van der Waals surface area (Å²) in [6, 6.07) is 14.3. The van der Waals surface area contributed by atoms with Crippen molar-refractivity contribution in [2.45, 2.75) is 13.5 Å². The third kappa shape index (κ3) is 5.11. The number of carbonyl (C=O) groups is 2. The standard InChI is InChI=1S/C20H19NO4/c1-15(22)17-10-11-19(25-2)18(13-17)9-6-12-21(20(23)24)14-16-7-4-3-5-8-16/h3-5,7-8,10-11,13H,12,14H2,1-2H3,(H,23,24). The van der Waals surface area contributed by atoms with Gasteiger partial charge in [0.15, 0.2) is 5.78 Å². The topological polar surface area (TPSA) is 66.8 Å². The van der Waals surface area contributed by atoms with Crippen molar-refractivity contribution in [3.63, 3.8) is 0 Å². The highest BCUT2D eigenvalue weighted by Gasteiger charge is 2.11. The number of rotatable bonds is 5.